The van der Waals surface area contributed by atoms with Crippen molar-refractivity contribution in [2.45, 2.75) is 52.0 Å². The molecular weight excluding hydrogens is 350 g/mol. The molecule has 5 nitrogen and oxygen atoms in total. The molecule has 5 rings (SSSR count). The Balaban J connectivity index is 1.60. The lowest BCUT2D eigenvalue weighted by Gasteiger charge is -2.19. The summed E-state index contributed by atoms with van der Waals surface area (Å²) in [4.78, 5) is 23.8. The van der Waals surface area contributed by atoms with E-state index in [1.54, 1.807) is 6.20 Å². The molecule has 0 radical (unpaired) electrons. The van der Waals surface area contributed by atoms with E-state index in [4.69, 9.17) is 4.42 Å². The molecule has 3 heterocycles. The minimum Gasteiger partial charge on any atom is -0.436 e. The van der Waals surface area contributed by atoms with Crippen molar-refractivity contribution in [3.05, 3.63) is 53.5 Å². The minimum absolute atomic E-state index is 0.199. The molecule has 1 aliphatic carbocycles. The van der Waals surface area contributed by atoms with Gasteiger partial charge in [0.15, 0.2) is 5.76 Å². The van der Waals surface area contributed by atoms with Crippen LogP contribution in [0.1, 0.15) is 43.6 Å². The molecule has 1 aliphatic heterocycles. The van der Waals surface area contributed by atoms with Crippen LogP contribution >= 0.6 is 0 Å². The summed E-state index contributed by atoms with van der Waals surface area (Å²) in [5, 5.41) is 0. The average molecular weight is 373 g/mol. The first kappa shape index (κ1) is 17.2. The normalized spacial score (nSPS) is 17.9. The molecule has 1 fully saturated rings. The van der Waals surface area contributed by atoms with Crippen LogP contribution in [0.3, 0.4) is 0 Å². The molecule has 1 aromatic carbocycles. The summed E-state index contributed by atoms with van der Waals surface area (Å²) < 4.78 is 6.15. The number of hydrogen-bond acceptors (Lipinski definition) is 4. The molecule has 1 saturated carbocycles. The fourth-order valence-electron chi connectivity index (χ4n) is 4.09. The van der Waals surface area contributed by atoms with E-state index in [0.717, 1.165) is 52.4 Å². The summed E-state index contributed by atoms with van der Waals surface area (Å²) in [6, 6.07) is 10.4. The maximum absolute atomic E-state index is 13.0. The third-order valence-electron chi connectivity index (χ3n) is 5.80. The van der Waals surface area contributed by atoms with Gasteiger partial charge in [-0.15, -0.1) is 0 Å². The van der Waals surface area contributed by atoms with E-state index in [1.807, 2.05) is 50.8 Å². The van der Waals surface area contributed by atoms with Crippen molar-refractivity contribution in [2.24, 2.45) is 0 Å². The highest BCUT2D eigenvalue weighted by Gasteiger charge is 2.49. The minimum atomic E-state index is -0.480. The molecule has 0 saturated heterocycles. The van der Waals surface area contributed by atoms with Gasteiger partial charge >= 0.3 is 0 Å². The van der Waals surface area contributed by atoms with Gasteiger partial charge in [-0.25, -0.2) is 4.98 Å². The van der Waals surface area contributed by atoms with Gasteiger partial charge in [0.2, 0.25) is 11.8 Å². The van der Waals surface area contributed by atoms with Gasteiger partial charge in [-0.05, 0) is 64.3 Å². The maximum atomic E-state index is 13.0. The quantitative estimate of drug-likeness (QED) is 0.661. The topological polar surface area (TPSA) is 59.2 Å². The Morgan fingerprint density at radius 2 is 1.89 bits per heavy atom. The number of aryl methyl sites for hydroxylation is 2. The molecular formula is C23H23N3O2. The summed E-state index contributed by atoms with van der Waals surface area (Å²) >= 11 is 0. The van der Waals surface area contributed by atoms with Gasteiger partial charge in [-0.3, -0.25) is 9.78 Å². The van der Waals surface area contributed by atoms with E-state index < -0.39 is 5.41 Å². The van der Waals surface area contributed by atoms with Gasteiger partial charge < -0.3 is 9.32 Å². The Bertz CT molecular complexity index is 1110. The number of nitrogens with zero attached hydrogens (tertiary/aromatic N) is 3. The van der Waals surface area contributed by atoms with Crippen molar-refractivity contribution in [2.75, 3.05) is 4.90 Å². The highest BCUT2D eigenvalue weighted by molar-refractivity contribution is 6.08. The van der Waals surface area contributed by atoms with E-state index >= 15 is 0 Å². The number of aromatic nitrogens is 2. The molecule has 0 spiro atoms. The summed E-state index contributed by atoms with van der Waals surface area (Å²) in [6.07, 6.45) is 3.93. The molecule has 0 unspecified atom stereocenters. The first-order valence-electron chi connectivity index (χ1n) is 9.75. The third kappa shape index (κ3) is 2.49. The third-order valence-corrected chi connectivity index (χ3v) is 5.80. The maximum Gasteiger partial charge on any atom is 0.237 e. The lowest BCUT2D eigenvalue weighted by molar-refractivity contribution is -0.122. The summed E-state index contributed by atoms with van der Waals surface area (Å²) in [6.45, 7) is 7.93. The van der Waals surface area contributed by atoms with Crippen molar-refractivity contribution in [1.82, 2.24) is 9.97 Å². The first-order chi connectivity index (χ1) is 13.4. The number of oxazole rings is 1. The van der Waals surface area contributed by atoms with Gasteiger partial charge in [-0.1, -0.05) is 12.1 Å². The summed E-state index contributed by atoms with van der Waals surface area (Å²) in [5.41, 5.74) is 5.27. The molecule has 2 aliphatic rings. The van der Waals surface area contributed by atoms with Crippen molar-refractivity contribution < 1.29 is 9.21 Å². The lowest BCUT2D eigenvalue weighted by Crippen LogP contribution is -2.37. The van der Waals surface area contributed by atoms with Crippen LogP contribution in [0.15, 0.2) is 40.9 Å². The highest BCUT2D eigenvalue weighted by Crippen LogP contribution is 2.48. The van der Waals surface area contributed by atoms with E-state index in [0.29, 0.717) is 11.9 Å². The number of carbonyl (C=O) groups excluding carboxylic acids is 1. The van der Waals surface area contributed by atoms with E-state index in [9.17, 15) is 4.79 Å². The molecule has 28 heavy (non-hydrogen) atoms. The molecule has 0 bridgehead atoms. The molecule has 3 aromatic rings. The van der Waals surface area contributed by atoms with Crippen LogP contribution in [0, 0.1) is 13.8 Å². The molecule has 2 aromatic heterocycles. The second-order valence-electron chi connectivity index (χ2n) is 8.38. The number of rotatable bonds is 3. The number of hydrogen-bond donors (Lipinski definition) is 0. The predicted molar refractivity (Wildman–Crippen MR) is 108 cm³/mol. The van der Waals surface area contributed by atoms with Gasteiger partial charge in [0.1, 0.15) is 0 Å². The molecule has 0 atom stereocenters. The Morgan fingerprint density at radius 1 is 1.11 bits per heavy atom. The number of fused-ring (bicyclic) bond motifs is 1. The second kappa shape index (κ2) is 5.77. The van der Waals surface area contributed by atoms with E-state index in [1.165, 1.54) is 0 Å². The number of carbonyl (C=O) groups is 1. The predicted octanol–water partition coefficient (Wildman–Crippen LogP) is 4.81. The van der Waals surface area contributed by atoms with Crippen molar-refractivity contribution >= 4 is 11.6 Å². The average Bonchev–Trinajstić information content (AvgIpc) is 3.38. The zero-order valence-corrected chi connectivity index (χ0v) is 16.6. The SMILES string of the molecule is Cc1cc(-c2nc(C)c(-c3ccc4c(c3)N(C3CC3)C(=O)C4(C)C)o2)ccn1. The Morgan fingerprint density at radius 3 is 2.61 bits per heavy atom. The zero-order chi connectivity index (χ0) is 19.6. The Kier molecular flexibility index (Phi) is 3.54. The largest absolute Gasteiger partial charge is 0.436 e. The number of anilines is 1. The Labute approximate surface area is 164 Å². The van der Waals surface area contributed by atoms with E-state index in [-0.39, 0.29) is 5.91 Å². The van der Waals surface area contributed by atoms with Crippen LogP contribution in [-0.2, 0) is 10.2 Å². The van der Waals surface area contributed by atoms with Crippen molar-refractivity contribution in [1.29, 1.82) is 0 Å². The smallest absolute Gasteiger partial charge is 0.237 e. The summed E-state index contributed by atoms with van der Waals surface area (Å²) in [7, 11) is 0. The number of benzene rings is 1. The zero-order valence-electron chi connectivity index (χ0n) is 16.6. The van der Waals surface area contributed by atoms with Crippen LogP contribution in [-0.4, -0.2) is 21.9 Å². The molecule has 5 heteroatoms. The fraction of sp³-hybridized carbons (Fsp3) is 0.348. The van der Waals surface area contributed by atoms with Crippen LogP contribution < -0.4 is 4.90 Å². The van der Waals surface area contributed by atoms with Crippen LogP contribution in [0.2, 0.25) is 0 Å². The number of amides is 1. The van der Waals surface area contributed by atoms with Crippen LogP contribution in [0.4, 0.5) is 5.69 Å². The van der Waals surface area contributed by atoms with Gasteiger partial charge in [0.25, 0.3) is 0 Å². The standard InChI is InChI=1S/C23H23N3O2/c1-13-11-16(9-10-24-13)21-25-14(2)20(28-21)15-5-8-18-19(12-15)26(17-6-7-17)22(27)23(18,3)4/h5,8-12,17H,6-7H2,1-4H3. The van der Waals surface area contributed by atoms with Crippen molar-refractivity contribution in [3.8, 4) is 22.8 Å². The monoisotopic (exact) mass is 373 g/mol. The highest BCUT2D eigenvalue weighted by atomic mass is 16.4. The molecule has 142 valence electrons. The van der Waals surface area contributed by atoms with Crippen molar-refractivity contribution in [3.63, 3.8) is 0 Å². The van der Waals surface area contributed by atoms with Gasteiger partial charge in [0, 0.05) is 34.7 Å². The van der Waals surface area contributed by atoms with Crippen LogP contribution in [0.5, 0.6) is 0 Å². The molecule has 0 N–H and O–H groups in total. The molecule has 1 amide bonds. The lowest BCUT2D eigenvalue weighted by atomic mass is 9.85. The Hall–Kier alpha value is -2.95. The fourth-order valence-corrected chi connectivity index (χ4v) is 4.09. The van der Waals surface area contributed by atoms with Gasteiger partial charge in [0.05, 0.1) is 11.1 Å². The van der Waals surface area contributed by atoms with Crippen LogP contribution in [0.25, 0.3) is 22.8 Å². The number of pyridine rings is 1. The van der Waals surface area contributed by atoms with Gasteiger partial charge in [-0.2, -0.15) is 0 Å². The first-order valence-corrected chi connectivity index (χ1v) is 9.75. The second-order valence-corrected chi connectivity index (χ2v) is 8.38. The van der Waals surface area contributed by atoms with E-state index in [2.05, 4.69) is 22.1 Å². The summed E-state index contributed by atoms with van der Waals surface area (Å²) in [5.74, 6) is 1.54.